The topological polar surface area (TPSA) is 37.8 Å². The second-order valence-corrected chi connectivity index (χ2v) is 5.86. The first-order chi connectivity index (χ1) is 9.22. The van der Waals surface area contributed by atoms with Crippen molar-refractivity contribution in [2.24, 2.45) is 11.8 Å². The van der Waals surface area contributed by atoms with E-state index in [0.29, 0.717) is 5.28 Å². The van der Waals surface area contributed by atoms with Gasteiger partial charge in [-0.15, -0.1) is 0 Å². The molecule has 0 amide bonds. The van der Waals surface area contributed by atoms with Crippen molar-refractivity contribution in [2.45, 2.75) is 26.2 Å². The van der Waals surface area contributed by atoms with Gasteiger partial charge in [0.25, 0.3) is 0 Å². The van der Waals surface area contributed by atoms with Crippen LogP contribution in [0.5, 0.6) is 0 Å². The molecule has 0 spiro atoms. The molecule has 2 unspecified atom stereocenters. The van der Waals surface area contributed by atoms with Crippen LogP contribution in [0.3, 0.4) is 0 Å². The Morgan fingerprint density at radius 1 is 1.26 bits per heavy atom. The Bertz CT molecular complexity index is 585. The molecule has 0 aliphatic heterocycles. The van der Waals surface area contributed by atoms with Crippen LogP contribution < -0.4 is 5.32 Å². The van der Waals surface area contributed by atoms with Gasteiger partial charge in [-0.05, 0) is 48.4 Å². The van der Waals surface area contributed by atoms with Gasteiger partial charge in [-0.25, -0.2) is 9.97 Å². The van der Waals surface area contributed by atoms with Crippen LogP contribution in [0.25, 0.3) is 10.9 Å². The fraction of sp³-hybridized carbons (Fsp3) is 0.467. The Labute approximate surface area is 118 Å². The van der Waals surface area contributed by atoms with Crippen LogP contribution in [0.4, 0.5) is 5.82 Å². The maximum absolute atomic E-state index is 5.98. The molecule has 1 fully saturated rings. The molecule has 1 heterocycles. The van der Waals surface area contributed by atoms with Crippen LogP contribution in [-0.4, -0.2) is 16.5 Å². The summed E-state index contributed by atoms with van der Waals surface area (Å²) in [5.74, 6) is 2.47. The summed E-state index contributed by atoms with van der Waals surface area (Å²) in [5, 5.41) is 4.80. The van der Waals surface area contributed by atoms with E-state index in [2.05, 4.69) is 22.2 Å². The molecular formula is C15H18ClN3. The van der Waals surface area contributed by atoms with Crippen LogP contribution in [0.2, 0.25) is 5.28 Å². The van der Waals surface area contributed by atoms with Crippen molar-refractivity contribution in [1.29, 1.82) is 0 Å². The van der Waals surface area contributed by atoms with E-state index in [1.165, 1.54) is 19.3 Å². The molecule has 100 valence electrons. The molecule has 3 rings (SSSR count). The van der Waals surface area contributed by atoms with Gasteiger partial charge in [-0.3, -0.25) is 0 Å². The van der Waals surface area contributed by atoms with Gasteiger partial charge >= 0.3 is 0 Å². The monoisotopic (exact) mass is 275 g/mol. The van der Waals surface area contributed by atoms with Crippen molar-refractivity contribution >= 4 is 28.3 Å². The summed E-state index contributed by atoms with van der Waals surface area (Å²) in [6, 6.07) is 7.97. The molecule has 0 saturated heterocycles. The van der Waals surface area contributed by atoms with Crippen molar-refractivity contribution in [2.75, 3.05) is 11.9 Å². The van der Waals surface area contributed by atoms with E-state index in [4.69, 9.17) is 11.6 Å². The lowest BCUT2D eigenvalue weighted by Gasteiger charge is -2.13. The number of nitrogens with one attached hydrogen (secondary N) is 1. The highest BCUT2D eigenvalue weighted by atomic mass is 35.5. The smallest absolute Gasteiger partial charge is 0.224 e. The van der Waals surface area contributed by atoms with Gasteiger partial charge < -0.3 is 5.32 Å². The van der Waals surface area contributed by atoms with Crippen LogP contribution in [-0.2, 0) is 0 Å². The average Bonchev–Trinajstić information content (AvgIpc) is 2.81. The number of rotatable bonds is 3. The average molecular weight is 276 g/mol. The van der Waals surface area contributed by atoms with Crippen molar-refractivity contribution < 1.29 is 0 Å². The minimum Gasteiger partial charge on any atom is -0.369 e. The van der Waals surface area contributed by atoms with Gasteiger partial charge in [-0.2, -0.15) is 0 Å². The van der Waals surface area contributed by atoms with Gasteiger partial charge in [0.05, 0.1) is 5.52 Å². The largest absolute Gasteiger partial charge is 0.369 e. The molecule has 1 aromatic carbocycles. The zero-order valence-corrected chi connectivity index (χ0v) is 11.8. The van der Waals surface area contributed by atoms with E-state index in [-0.39, 0.29) is 0 Å². The summed E-state index contributed by atoms with van der Waals surface area (Å²) in [6.45, 7) is 3.30. The molecule has 1 aliphatic carbocycles. The second-order valence-electron chi connectivity index (χ2n) is 5.52. The van der Waals surface area contributed by atoms with Crippen LogP contribution in [0.15, 0.2) is 24.3 Å². The van der Waals surface area contributed by atoms with E-state index >= 15 is 0 Å². The quantitative estimate of drug-likeness (QED) is 0.856. The molecule has 1 aliphatic rings. The Hall–Kier alpha value is -1.35. The highest BCUT2D eigenvalue weighted by Crippen LogP contribution is 2.31. The van der Waals surface area contributed by atoms with E-state index in [1.807, 2.05) is 24.3 Å². The predicted octanol–water partition coefficient (Wildman–Crippen LogP) is 4.13. The summed E-state index contributed by atoms with van der Waals surface area (Å²) in [5.41, 5.74) is 0.893. The maximum Gasteiger partial charge on any atom is 0.224 e. The number of aromatic nitrogens is 2. The summed E-state index contributed by atoms with van der Waals surface area (Å²) < 4.78 is 0. The third-order valence-corrected chi connectivity index (χ3v) is 4.11. The van der Waals surface area contributed by atoms with Gasteiger partial charge in [0, 0.05) is 11.9 Å². The number of anilines is 1. The highest BCUT2D eigenvalue weighted by Gasteiger charge is 2.21. The minimum atomic E-state index is 0.306. The minimum absolute atomic E-state index is 0.306. The third kappa shape index (κ3) is 2.81. The fourth-order valence-electron chi connectivity index (χ4n) is 2.93. The van der Waals surface area contributed by atoms with Crippen LogP contribution in [0, 0.1) is 11.8 Å². The van der Waals surface area contributed by atoms with E-state index in [1.54, 1.807) is 0 Å². The zero-order valence-electron chi connectivity index (χ0n) is 11.1. The third-order valence-electron chi connectivity index (χ3n) is 3.94. The number of hydrogen-bond donors (Lipinski definition) is 1. The number of fused-ring (bicyclic) bond motifs is 1. The highest BCUT2D eigenvalue weighted by molar-refractivity contribution is 6.28. The van der Waals surface area contributed by atoms with Crippen molar-refractivity contribution in [3.8, 4) is 0 Å². The lowest BCUT2D eigenvalue weighted by Crippen LogP contribution is -2.13. The number of para-hydroxylation sites is 1. The molecule has 1 aromatic heterocycles. The first-order valence-corrected chi connectivity index (χ1v) is 7.26. The van der Waals surface area contributed by atoms with Crippen LogP contribution >= 0.6 is 11.6 Å². The number of hydrogen-bond acceptors (Lipinski definition) is 3. The Balaban J connectivity index is 1.80. The Morgan fingerprint density at radius 2 is 2.11 bits per heavy atom. The van der Waals surface area contributed by atoms with E-state index in [9.17, 15) is 0 Å². The summed E-state index contributed by atoms with van der Waals surface area (Å²) in [7, 11) is 0. The summed E-state index contributed by atoms with van der Waals surface area (Å²) in [6.07, 6.45) is 3.96. The van der Waals surface area contributed by atoms with Gasteiger partial charge in [0.1, 0.15) is 5.82 Å². The molecule has 3 nitrogen and oxygen atoms in total. The van der Waals surface area contributed by atoms with Crippen molar-refractivity contribution in [3.05, 3.63) is 29.5 Å². The lowest BCUT2D eigenvalue weighted by molar-refractivity contribution is 0.536. The Kier molecular flexibility index (Phi) is 3.56. The van der Waals surface area contributed by atoms with Crippen molar-refractivity contribution in [1.82, 2.24) is 9.97 Å². The van der Waals surface area contributed by atoms with E-state index < -0.39 is 0 Å². The van der Waals surface area contributed by atoms with Gasteiger partial charge in [0.2, 0.25) is 5.28 Å². The molecule has 19 heavy (non-hydrogen) atoms. The molecule has 1 saturated carbocycles. The summed E-state index contributed by atoms with van der Waals surface area (Å²) in [4.78, 5) is 8.57. The molecule has 4 heteroatoms. The van der Waals surface area contributed by atoms with E-state index in [0.717, 1.165) is 35.1 Å². The van der Waals surface area contributed by atoms with Gasteiger partial charge in [-0.1, -0.05) is 25.5 Å². The molecular weight excluding hydrogens is 258 g/mol. The molecule has 0 bridgehead atoms. The molecule has 2 atom stereocenters. The maximum atomic E-state index is 5.98. The predicted molar refractivity (Wildman–Crippen MR) is 79.5 cm³/mol. The standard InChI is InChI=1S/C15H18ClN3/c1-10-6-7-11(8-10)9-17-14-12-4-2-3-5-13(12)18-15(16)19-14/h2-5,10-11H,6-9H2,1H3,(H,17,18,19). The first kappa shape index (κ1) is 12.7. The number of halogens is 1. The number of nitrogens with zero attached hydrogens (tertiary/aromatic N) is 2. The summed E-state index contributed by atoms with van der Waals surface area (Å²) >= 11 is 5.98. The number of benzene rings is 1. The molecule has 0 radical (unpaired) electrons. The normalized spacial score (nSPS) is 22.8. The Morgan fingerprint density at radius 3 is 2.89 bits per heavy atom. The van der Waals surface area contributed by atoms with Gasteiger partial charge in [0.15, 0.2) is 0 Å². The molecule has 2 aromatic rings. The lowest BCUT2D eigenvalue weighted by atomic mass is 10.1. The SMILES string of the molecule is CC1CCC(CNc2nc(Cl)nc3ccccc23)C1. The molecule has 1 N–H and O–H groups in total. The second kappa shape index (κ2) is 5.33. The zero-order chi connectivity index (χ0) is 13.2. The van der Waals surface area contributed by atoms with Crippen molar-refractivity contribution in [3.63, 3.8) is 0 Å². The van der Waals surface area contributed by atoms with Crippen LogP contribution in [0.1, 0.15) is 26.2 Å². The first-order valence-electron chi connectivity index (χ1n) is 6.88. The fourth-order valence-corrected chi connectivity index (χ4v) is 3.11.